The fourth-order valence-electron chi connectivity index (χ4n) is 11.0. The summed E-state index contributed by atoms with van der Waals surface area (Å²) in [6.45, 7) is 26.8. The van der Waals surface area contributed by atoms with E-state index in [-0.39, 0.29) is 83.9 Å². The van der Waals surface area contributed by atoms with E-state index in [0.717, 1.165) is 44.1 Å². The van der Waals surface area contributed by atoms with E-state index in [4.69, 9.17) is 9.72 Å². The Balaban J connectivity index is 0.00000817. The summed E-state index contributed by atoms with van der Waals surface area (Å²) in [5.41, 5.74) is 8.58. The number of anilines is 4. The van der Waals surface area contributed by atoms with Crippen LogP contribution in [0.1, 0.15) is 111 Å². The minimum atomic E-state index is -1.08. The van der Waals surface area contributed by atoms with Gasteiger partial charge in [0.05, 0.1) is 11.0 Å². The van der Waals surface area contributed by atoms with Crippen LogP contribution in [0, 0.1) is 36.3 Å². The van der Waals surface area contributed by atoms with Crippen molar-refractivity contribution in [3.8, 4) is 61.8 Å². The van der Waals surface area contributed by atoms with Crippen LogP contribution in [0.15, 0.2) is 188 Å². The molecule has 0 N–H and O–H groups in total. The van der Waals surface area contributed by atoms with E-state index in [0.29, 0.717) is 68.7 Å². The largest absolute Gasteiger partial charge is 0.509 e. The number of ether oxygens (including phenoxy) is 1. The quantitative estimate of drug-likeness (QED) is 0.135. The first-order chi connectivity index (χ1) is 41.5. The molecule has 12 rings (SSSR count). The molecule has 0 amide bonds. The smallest absolute Gasteiger partial charge is 0.136 e. The van der Waals surface area contributed by atoms with Gasteiger partial charge in [-0.2, -0.15) is 6.07 Å². The molecule has 0 bridgehead atoms. The normalized spacial score (nSPS) is 13.6. The Hall–Kier alpha value is -8.19. The standard InChI is InChI=1S/C76H68F3N4O.Pt/c1-73(2,3)52-28-26-48(27-29-52)49-36-57(44-59(37-49)84-58-30-31-61-60-22-16-17-23-66(60)83(69(61)45-58)70-41-53(32-33-80-70)74(4,5)6)81-46-82(68-25-19-18-24-67(68)81)72-62(51-34-54(75(7,8)9)40-55(35-51)76(10,11)12)38-50(47-20-14-13-15-21-47)39-63(72)71-64(78)42-56(77)43-65(71)79;/h13-43,46H,1-12H3;/q-3;/i26D,27D,28D,29D;. The Kier molecular flexibility index (Phi) is 13.9. The average Bonchev–Trinajstić information content (AvgIpc) is 1.87. The van der Waals surface area contributed by atoms with Crippen LogP contribution in [0.4, 0.5) is 35.9 Å². The fourth-order valence-corrected chi connectivity index (χ4v) is 11.0. The Morgan fingerprint density at radius 1 is 0.482 bits per heavy atom. The molecule has 9 aromatic carbocycles. The van der Waals surface area contributed by atoms with Crippen LogP contribution < -0.4 is 14.5 Å². The molecule has 1 aliphatic rings. The Morgan fingerprint density at radius 3 is 1.72 bits per heavy atom. The van der Waals surface area contributed by atoms with Crippen LogP contribution in [0.5, 0.6) is 11.5 Å². The SMILES string of the molecule is [2H]c1c([2H])c(C(C)(C)C)c([2H])c([2H])c1-c1cc(Oc2[c-]c3c(cc2)c2ccccc2n3-c2cc(C(C)(C)C)ccn2)[c-]c(N2[CH-]N(c3c(-c4cc(C(C)(C)C)cc(C(C)(C)C)c4)cc(-c4ccccc4)cc3-c3c(F)cc(F)cc3F)c3ccccc32)c1.[Pt]. The number of hydrogen-bond acceptors (Lipinski definition) is 4. The van der Waals surface area contributed by atoms with Crippen molar-refractivity contribution in [2.45, 2.75) is 105 Å². The Morgan fingerprint density at radius 2 is 1.07 bits per heavy atom. The van der Waals surface area contributed by atoms with E-state index >= 15 is 13.2 Å². The summed E-state index contributed by atoms with van der Waals surface area (Å²) in [4.78, 5) is 8.64. The second kappa shape index (κ2) is 22.0. The van der Waals surface area contributed by atoms with Gasteiger partial charge in [0.1, 0.15) is 23.3 Å². The molecule has 0 unspecified atom stereocenters. The van der Waals surface area contributed by atoms with Gasteiger partial charge in [0.2, 0.25) is 0 Å². The Bertz CT molecular complexity index is 4530. The molecule has 1 aliphatic heterocycles. The summed E-state index contributed by atoms with van der Waals surface area (Å²) in [6.07, 6.45) is 1.82. The molecule has 0 radical (unpaired) electrons. The van der Waals surface area contributed by atoms with E-state index in [1.807, 2.05) is 134 Å². The number of benzene rings is 9. The van der Waals surface area contributed by atoms with Crippen LogP contribution in [0.3, 0.4) is 0 Å². The second-order valence-corrected chi connectivity index (χ2v) is 26.0. The van der Waals surface area contributed by atoms with Crippen LogP contribution in [-0.2, 0) is 42.7 Å². The predicted molar refractivity (Wildman–Crippen MR) is 341 cm³/mol. The maximum absolute atomic E-state index is 17.0. The zero-order valence-corrected chi connectivity index (χ0v) is 52.1. The summed E-state index contributed by atoms with van der Waals surface area (Å²) >= 11 is 0. The molecule has 2 aromatic heterocycles. The molecule has 0 saturated carbocycles. The van der Waals surface area contributed by atoms with Gasteiger partial charge in [-0.1, -0.05) is 192 Å². The van der Waals surface area contributed by atoms with Gasteiger partial charge in [0, 0.05) is 84.6 Å². The number of pyridine rings is 1. The molecule has 3 heterocycles. The first-order valence-corrected chi connectivity index (χ1v) is 28.4. The van der Waals surface area contributed by atoms with Gasteiger partial charge in [-0.15, -0.1) is 53.6 Å². The number of nitrogens with zero attached hydrogens (tertiary/aromatic N) is 4. The van der Waals surface area contributed by atoms with E-state index in [9.17, 15) is 5.48 Å². The van der Waals surface area contributed by atoms with Crippen molar-refractivity contribution >= 4 is 44.6 Å². The van der Waals surface area contributed by atoms with Crippen molar-refractivity contribution < 1.29 is 44.5 Å². The van der Waals surface area contributed by atoms with Gasteiger partial charge in [-0.25, -0.2) is 18.2 Å². The molecule has 432 valence electrons. The molecule has 85 heavy (non-hydrogen) atoms. The van der Waals surface area contributed by atoms with Crippen molar-refractivity contribution in [2.24, 2.45) is 0 Å². The van der Waals surface area contributed by atoms with E-state index in [1.54, 1.807) is 18.2 Å². The predicted octanol–water partition coefficient (Wildman–Crippen LogP) is 21.3. The molecule has 0 saturated heterocycles. The summed E-state index contributed by atoms with van der Waals surface area (Å²) in [5, 5.41) is 1.92. The zero-order chi connectivity index (χ0) is 62.7. The molecule has 9 heteroatoms. The third-order valence-electron chi connectivity index (χ3n) is 15.7. The number of aromatic nitrogens is 2. The molecular formula is C76H68F3N4OPt-3. The molecule has 0 fully saturated rings. The number of rotatable bonds is 9. The van der Waals surface area contributed by atoms with Crippen LogP contribution >= 0.6 is 0 Å². The number of fused-ring (bicyclic) bond motifs is 4. The number of hydrogen-bond donors (Lipinski definition) is 0. The maximum atomic E-state index is 17.0. The molecule has 11 aromatic rings. The minimum absolute atomic E-state index is 0. The summed E-state index contributed by atoms with van der Waals surface area (Å²) in [7, 11) is 0. The molecule has 0 aliphatic carbocycles. The molecule has 5 nitrogen and oxygen atoms in total. The van der Waals surface area contributed by atoms with Crippen LogP contribution in [0.25, 0.3) is 72.1 Å². The van der Waals surface area contributed by atoms with Crippen LogP contribution in [-0.4, -0.2) is 9.55 Å². The van der Waals surface area contributed by atoms with Gasteiger partial charge in [0.25, 0.3) is 0 Å². The molecular weight excluding hydrogens is 1240 g/mol. The van der Waals surface area contributed by atoms with E-state index in [1.165, 1.54) is 0 Å². The van der Waals surface area contributed by atoms with Gasteiger partial charge in [-0.3, -0.25) is 0 Å². The van der Waals surface area contributed by atoms with E-state index in [2.05, 4.69) is 115 Å². The third-order valence-corrected chi connectivity index (χ3v) is 15.7. The molecule has 0 atom stereocenters. The van der Waals surface area contributed by atoms with Gasteiger partial charge in [-0.05, 0) is 114 Å². The number of halogens is 3. The first kappa shape index (κ1) is 53.5. The zero-order valence-electron chi connectivity index (χ0n) is 53.8. The van der Waals surface area contributed by atoms with Crippen molar-refractivity contribution in [3.05, 3.63) is 247 Å². The third kappa shape index (κ3) is 11.3. The summed E-state index contributed by atoms with van der Waals surface area (Å²) in [5.74, 6) is -2.02. The van der Waals surface area contributed by atoms with Crippen molar-refractivity contribution in [1.29, 1.82) is 0 Å². The first-order valence-electron chi connectivity index (χ1n) is 30.4. The second-order valence-electron chi connectivity index (χ2n) is 26.0. The minimum Gasteiger partial charge on any atom is -0.509 e. The average molecular weight is 1310 g/mol. The maximum Gasteiger partial charge on any atom is 0.136 e. The fraction of sp³-hybridized carbons (Fsp3) is 0.211. The van der Waals surface area contributed by atoms with Crippen LogP contribution in [0.2, 0.25) is 0 Å². The monoisotopic (exact) mass is 1310 g/mol. The van der Waals surface area contributed by atoms with E-state index < -0.39 is 28.4 Å². The summed E-state index contributed by atoms with van der Waals surface area (Å²) < 4.78 is 96.0. The van der Waals surface area contributed by atoms with Gasteiger partial charge >= 0.3 is 0 Å². The van der Waals surface area contributed by atoms with Crippen molar-refractivity contribution in [3.63, 3.8) is 0 Å². The van der Waals surface area contributed by atoms with Crippen molar-refractivity contribution in [2.75, 3.05) is 9.80 Å². The van der Waals surface area contributed by atoms with Gasteiger partial charge < -0.3 is 19.1 Å². The molecule has 0 spiro atoms. The Labute approximate surface area is 518 Å². The summed E-state index contributed by atoms with van der Waals surface area (Å²) in [6, 6.07) is 54.7. The topological polar surface area (TPSA) is 33.5 Å². The number of para-hydroxylation sites is 3. The van der Waals surface area contributed by atoms with Gasteiger partial charge in [0.15, 0.2) is 0 Å². The van der Waals surface area contributed by atoms with Crippen molar-refractivity contribution in [1.82, 2.24) is 9.55 Å².